The predicted molar refractivity (Wildman–Crippen MR) is 82.1 cm³/mol. The molecule has 21 heavy (non-hydrogen) atoms. The van der Waals surface area contributed by atoms with E-state index in [1.54, 1.807) is 30.5 Å². The van der Waals surface area contributed by atoms with Crippen molar-refractivity contribution in [1.82, 2.24) is 9.97 Å². The van der Waals surface area contributed by atoms with Crippen LogP contribution in [0.3, 0.4) is 0 Å². The lowest BCUT2D eigenvalue weighted by molar-refractivity contribution is 0.103. The van der Waals surface area contributed by atoms with E-state index in [1.807, 2.05) is 0 Å². The molecule has 3 aromatic rings. The number of nitrogens with zero attached hydrogens (tertiary/aromatic N) is 2. The van der Waals surface area contributed by atoms with Gasteiger partial charge in [0.1, 0.15) is 0 Å². The zero-order chi connectivity index (χ0) is 15.0. The van der Waals surface area contributed by atoms with Crippen molar-refractivity contribution in [1.29, 1.82) is 0 Å². The summed E-state index contributed by atoms with van der Waals surface area (Å²) in [5, 5.41) is -0.110. The fraction of sp³-hybridized carbons (Fsp3) is 0. The van der Waals surface area contributed by atoms with Crippen molar-refractivity contribution in [2.24, 2.45) is 0 Å². The molecule has 0 aliphatic carbocycles. The second-order valence-electron chi connectivity index (χ2n) is 4.31. The molecule has 3 nitrogen and oxygen atoms in total. The van der Waals surface area contributed by atoms with Crippen LogP contribution in [-0.4, -0.2) is 15.8 Å². The highest BCUT2D eigenvalue weighted by Gasteiger charge is 2.18. The molecule has 0 unspecified atom stereocenters. The van der Waals surface area contributed by atoms with Crippen LogP contribution in [0.25, 0.3) is 11.0 Å². The van der Waals surface area contributed by atoms with Gasteiger partial charge in [-0.2, -0.15) is 0 Å². The summed E-state index contributed by atoms with van der Waals surface area (Å²) in [5.41, 5.74) is 1.50. The molecule has 0 amide bonds. The molecule has 0 N–H and O–H groups in total. The van der Waals surface area contributed by atoms with Crippen molar-refractivity contribution in [2.75, 3.05) is 0 Å². The summed E-state index contributed by atoms with van der Waals surface area (Å²) in [5.74, 6) is -1.19. The first kappa shape index (κ1) is 14.1. The standard InChI is InChI=1S/C15H7BrClFN2O/c16-10-3-2-9(14(18)13(10)17)15(21)8-1-4-11-12(7-8)20-6-5-19-11/h1-7H. The average Bonchev–Trinajstić information content (AvgIpc) is 2.52. The Morgan fingerprint density at radius 3 is 2.57 bits per heavy atom. The Labute approximate surface area is 132 Å². The van der Waals surface area contributed by atoms with Crippen LogP contribution >= 0.6 is 27.5 Å². The van der Waals surface area contributed by atoms with Crippen molar-refractivity contribution < 1.29 is 9.18 Å². The molecule has 0 radical (unpaired) electrons. The Morgan fingerprint density at radius 1 is 1.10 bits per heavy atom. The van der Waals surface area contributed by atoms with Crippen LogP contribution in [0.2, 0.25) is 5.02 Å². The third-order valence-electron chi connectivity index (χ3n) is 3.01. The van der Waals surface area contributed by atoms with E-state index in [9.17, 15) is 9.18 Å². The summed E-state index contributed by atoms with van der Waals surface area (Å²) in [6, 6.07) is 7.79. The first-order valence-corrected chi connectivity index (χ1v) is 7.14. The SMILES string of the molecule is O=C(c1ccc2nccnc2c1)c1ccc(Br)c(Cl)c1F. The zero-order valence-electron chi connectivity index (χ0n) is 10.5. The van der Waals surface area contributed by atoms with Crippen molar-refractivity contribution >= 4 is 44.3 Å². The van der Waals surface area contributed by atoms with E-state index < -0.39 is 11.6 Å². The highest BCUT2D eigenvalue weighted by Crippen LogP contribution is 2.29. The van der Waals surface area contributed by atoms with Gasteiger partial charge in [-0.05, 0) is 46.3 Å². The van der Waals surface area contributed by atoms with E-state index in [2.05, 4.69) is 25.9 Å². The van der Waals surface area contributed by atoms with Crippen LogP contribution in [-0.2, 0) is 0 Å². The van der Waals surface area contributed by atoms with Gasteiger partial charge in [0, 0.05) is 22.4 Å². The van der Waals surface area contributed by atoms with E-state index in [-0.39, 0.29) is 10.6 Å². The van der Waals surface area contributed by atoms with Crippen LogP contribution in [0.1, 0.15) is 15.9 Å². The molecule has 0 fully saturated rings. The van der Waals surface area contributed by atoms with Crippen LogP contribution in [0.4, 0.5) is 4.39 Å². The normalized spacial score (nSPS) is 10.8. The van der Waals surface area contributed by atoms with E-state index >= 15 is 0 Å². The second kappa shape index (κ2) is 5.50. The number of fused-ring (bicyclic) bond motifs is 1. The maximum atomic E-state index is 14.1. The molecule has 0 spiro atoms. The fourth-order valence-electron chi connectivity index (χ4n) is 1.96. The minimum atomic E-state index is -0.740. The Bertz CT molecular complexity index is 869. The summed E-state index contributed by atoms with van der Waals surface area (Å²) < 4.78 is 14.5. The average molecular weight is 366 g/mol. The number of carbonyl (C=O) groups is 1. The second-order valence-corrected chi connectivity index (χ2v) is 5.54. The number of aromatic nitrogens is 2. The lowest BCUT2D eigenvalue weighted by atomic mass is 10.0. The lowest BCUT2D eigenvalue weighted by Crippen LogP contribution is -2.05. The van der Waals surface area contributed by atoms with Gasteiger partial charge >= 0.3 is 0 Å². The molecule has 0 saturated carbocycles. The van der Waals surface area contributed by atoms with Gasteiger partial charge in [-0.15, -0.1) is 0 Å². The van der Waals surface area contributed by atoms with Crippen LogP contribution < -0.4 is 0 Å². The van der Waals surface area contributed by atoms with Crippen molar-refractivity contribution in [3.05, 3.63) is 69.2 Å². The predicted octanol–water partition coefficient (Wildman–Crippen LogP) is 4.42. The topological polar surface area (TPSA) is 42.9 Å². The number of benzene rings is 2. The highest BCUT2D eigenvalue weighted by atomic mass is 79.9. The number of carbonyl (C=O) groups excluding carboxylic acids is 1. The maximum Gasteiger partial charge on any atom is 0.196 e. The number of rotatable bonds is 2. The molecule has 6 heteroatoms. The third kappa shape index (κ3) is 2.54. The molecule has 0 atom stereocenters. The first-order valence-electron chi connectivity index (χ1n) is 5.97. The molecule has 0 aliphatic rings. The summed E-state index contributed by atoms with van der Waals surface area (Å²) >= 11 is 8.93. The largest absolute Gasteiger partial charge is 0.288 e. The van der Waals surface area contributed by atoms with Crippen LogP contribution in [0.5, 0.6) is 0 Å². The maximum absolute atomic E-state index is 14.1. The number of ketones is 1. The Morgan fingerprint density at radius 2 is 1.81 bits per heavy atom. The van der Waals surface area contributed by atoms with Crippen molar-refractivity contribution in [2.45, 2.75) is 0 Å². The van der Waals surface area contributed by atoms with Gasteiger partial charge in [-0.3, -0.25) is 14.8 Å². The van der Waals surface area contributed by atoms with Crippen LogP contribution in [0.15, 0.2) is 47.2 Å². The van der Waals surface area contributed by atoms with E-state index in [0.717, 1.165) is 0 Å². The van der Waals surface area contributed by atoms with E-state index in [1.165, 1.54) is 12.3 Å². The molecular weight excluding hydrogens is 359 g/mol. The Kier molecular flexibility index (Phi) is 3.69. The summed E-state index contributed by atoms with van der Waals surface area (Å²) in [6.07, 6.45) is 3.10. The fourth-order valence-corrected chi connectivity index (χ4v) is 2.43. The Balaban J connectivity index is 2.10. The quantitative estimate of drug-likeness (QED) is 0.499. The molecule has 1 aromatic heterocycles. The highest BCUT2D eigenvalue weighted by molar-refractivity contribution is 9.10. The van der Waals surface area contributed by atoms with Crippen molar-refractivity contribution in [3.63, 3.8) is 0 Å². The lowest BCUT2D eigenvalue weighted by Gasteiger charge is -2.06. The minimum Gasteiger partial charge on any atom is -0.288 e. The number of halogens is 3. The van der Waals surface area contributed by atoms with Crippen LogP contribution in [0, 0.1) is 5.82 Å². The van der Waals surface area contributed by atoms with Crippen molar-refractivity contribution in [3.8, 4) is 0 Å². The Hall–Kier alpha value is -1.85. The molecule has 0 saturated heterocycles. The molecule has 2 aromatic carbocycles. The zero-order valence-corrected chi connectivity index (χ0v) is 12.8. The van der Waals surface area contributed by atoms with E-state index in [0.29, 0.717) is 21.1 Å². The van der Waals surface area contributed by atoms with Gasteiger partial charge in [-0.1, -0.05) is 11.6 Å². The summed E-state index contributed by atoms with van der Waals surface area (Å²) in [4.78, 5) is 20.7. The molecule has 1 heterocycles. The number of hydrogen-bond acceptors (Lipinski definition) is 3. The molecule has 3 rings (SSSR count). The first-order chi connectivity index (χ1) is 10.1. The number of hydrogen-bond donors (Lipinski definition) is 0. The summed E-state index contributed by atoms with van der Waals surface area (Å²) in [6.45, 7) is 0. The monoisotopic (exact) mass is 364 g/mol. The van der Waals surface area contributed by atoms with Gasteiger partial charge in [0.05, 0.1) is 21.6 Å². The van der Waals surface area contributed by atoms with Gasteiger partial charge in [-0.25, -0.2) is 4.39 Å². The van der Waals surface area contributed by atoms with Gasteiger partial charge in [0.25, 0.3) is 0 Å². The molecular formula is C15H7BrClFN2O. The van der Waals surface area contributed by atoms with Gasteiger partial charge in [0.15, 0.2) is 11.6 Å². The van der Waals surface area contributed by atoms with Gasteiger partial charge in [0.2, 0.25) is 0 Å². The van der Waals surface area contributed by atoms with E-state index in [4.69, 9.17) is 11.6 Å². The van der Waals surface area contributed by atoms with Gasteiger partial charge < -0.3 is 0 Å². The smallest absolute Gasteiger partial charge is 0.196 e. The molecule has 0 bridgehead atoms. The molecule has 0 aliphatic heterocycles. The minimum absolute atomic E-state index is 0.0774. The summed E-state index contributed by atoms with van der Waals surface area (Å²) in [7, 11) is 0. The molecule has 104 valence electrons. The third-order valence-corrected chi connectivity index (χ3v) is 4.27.